The molecule has 0 rings (SSSR count). The van der Waals surface area contributed by atoms with E-state index in [0.29, 0.717) is 13.2 Å². The van der Waals surface area contributed by atoms with E-state index < -0.39 is 0 Å². The van der Waals surface area contributed by atoms with Gasteiger partial charge in [-0.1, -0.05) is 29.8 Å². The van der Waals surface area contributed by atoms with Gasteiger partial charge in [0.05, 0.1) is 13.2 Å². The van der Waals surface area contributed by atoms with Crippen molar-refractivity contribution in [2.75, 3.05) is 32.3 Å². The van der Waals surface area contributed by atoms with Crippen LogP contribution in [0.5, 0.6) is 0 Å². The second-order valence-electron chi connectivity index (χ2n) is 3.55. The van der Waals surface area contributed by atoms with Gasteiger partial charge in [-0.3, -0.25) is 0 Å². The normalized spacial score (nSPS) is 13.6. The zero-order valence-electron chi connectivity index (χ0n) is 8.88. The summed E-state index contributed by atoms with van der Waals surface area (Å²) in [7, 11) is 1.69. The lowest BCUT2D eigenvalue weighted by Crippen LogP contribution is -2.14. The third-order valence-corrected chi connectivity index (χ3v) is 3.04. The Morgan fingerprint density at radius 1 is 1.15 bits per heavy atom. The Bertz CT molecular complexity index is 107. The van der Waals surface area contributed by atoms with Gasteiger partial charge in [-0.25, -0.2) is 0 Å². The Hall–Kier alpha value is 0.400. The van der Waals surface area contributed by atoms with E-state index in [1.807, 2.05) is 0 Å². The Morgan fingerprint density at radius 3 is 2.31 bits per heavy atom. The van der Waals surface area contributed by atoms with E-state index in [4.69, 9.17) is 9.47 Å². The monoisotopic (exact) mass is 252 g/mol. The number of alkyl halides is 1. The predicted molar refractivity (Wildman–Crippen MR) is 59.4 cm³/mol. The molecule has 1 unspecified atom stereocenters. The molecule has 0 amide bonds. The summed E-state index contributed by atoms with van der Waals surface area (Å²) in [4.78, 5) is 0. The number of hydrogen-bond donors (Lipinski definition) is 0. The molecule has 0 aliphatic carbocycles. The van der Waals surface area contributed by atoms with Gasteiger partial charge in [0.25, 0.3) is 0 Å². The van der Waals surface area contributed by atoms with Crippen molar-refractivity contribution in [3.63, 3.8) is 0 Å². The van der Waals surface area contributed by atoms with Crippen molar-refractivity contribution in [2.24, 2.45) is 11.8 Å². The van der Waals surface area contributed by atoms with Gasteiger partial charge in [0.1, 0.15) is 0 Å². The molecule has 0 spiro atoms. The first kappa shape index (κ1) is 13.4. The van der Waals surface area contributed by atoms with Crippen LogP contribution in [0, 0.1) is 11.8 Å². The van der Waals surface area contributed by atoms with Crippen LogP contribution in [0.1, 0.15) is 20.3 Å². The van der Waals surface area contributed by atoms with Gasteiger partial charge in [-0.2, -0.15) is 0 Å². The average molecular weight is 253 g/mol. The fourth-order valence-electron chi connectivity index (χ4n) is 1.07. The maximum absolute atomic E-state index is 5.41. The molecule has 0 aromatic heterocycles. The van der Waals surface area contributed by atoms with Crippen LogP contribution >= 0.6 is 15.9 Å². The molecule has 0 aliphatic heterocycles. The van der Waals surface area contributed by atoms with Gasteiger partial charge in [0.2, 0.25) is 0 Å². The van der Waals surface area contributed by atoms with Crippen molar-refractivity contribution in [3.8, 4) is 0 Å². The maximum Gasteiger partial charge on any atom is 0.0700 e. The van der Waals surface area contributed by atoms with E-state index in [1.165, 1.54) is 0 Å². The molecule has 1 atom stereocenters. The van der Waals surface area contributed by atoms with Crippen molar-refractivity contribution in [1.29, 1.82) is 0 Å². The summed E-state index contributed by atoms with van der Waals surface area (Å²) in [6.07, 6.45) is 1.13. The van der Waals surface area contributed by atoms with Crippen LogP contribution in [0.15, 0.2) is 0 Å². The Labute approximate surface area is 90.1 Å². The van der Waals surface area contributed by atoms with E-state index in [1.54, 1.807) is 7.11 Å². The van der Waals surface area contributed by atoms with Crippen molar-refractivity contribution < 1.29 is 9.47 Å². The number of hydrogen-bond acceptors (Lipinski definition) is 2. The molecule has 0 heterocycles. The van der Waals surface area contributed by atoms with Gasteiger partial charge in [0, 0.05) is 19.0 Å². The van der Waals surface area contributed by atoms with Crippen molar-refractivity contribution in [3.05, 3.63) is 0 Å². The summed E-state index contributed by atoms with van der Waals surface area (Å²) < 4.78 is 10.3. The molecular weight excluding hydrogens is 232 g/mol. The SMILES string of the molecule is COCCOCCC(CBr)C(C)C. The van der Waals surface area contributed by atoms with Crippen LogP contribution in [-0.2, 0) is 9.47 Å². The minimum Gasteiger partial charge on any atom is -0.382 e. The summed E-state index contributed by atoms with van der Waals surface area (Å²) in [5.41, 5.74) is 0. The molecule has 0 bridgehead atoms. The minimum absolute atomic E-state index is 0.695. The fraction of sp³-hybridized carbons (Fsp3) is 1.00. The number of methoxy groups -OCH3 is 1. The zero-order valence-corrected chi connectivity index (χ0v) is 10.5. The molecular formula is C10H21BrO2. The third-order valence-electron chi connectivity index (χ3n) is 2.21. The van der Waals surface area contributed by atoms with Crippen LogP contribution in [-0.4, -0.2) is 32.3 Å². The van der Waals surface area contributed by atoms with Gasteiger partial charge < -0.3 is 9.47 Å². The largest absolute Gasteiger partial charge is 0.382 e. The molecule has 80 valence electrons. The lowest BCUT2D eigenvalue weighted by atomic mass is 9.95. The molecule has 0 fully saturated rings. The van der Waals surface area contributed by atoms with Gasteiger partial charge in [-0.05, 0) is 18.3 Å². The highest BCUT2D eigenvalue weighted by Gasteiger charge is 2.10. The van der Waals surface area contributed by atoms with Gasteiger partial charge in [-0.15, -0.1) is 0 Å². The Balaban J connectivity index is 3.28. The molecule has 0 saturated carbocycles. The Morgan fingerprint density at radius 2 is 1.85 bits per heavy atom. The summed E-state index contributed by atoms with van der Waals surface area (Å²) in [6.45, 7) is 6.75. The van der Waals surface area contributed by atoms with Crippen LogP contribution in [0.25, 0.3) is 0 Å². The molecule has 0 aromatic carbocycles. The number of rotatable bonds is 8. The molecule has 2 nitrogen and oxygen atoms in total. The first-order valence-electron chi connectivity index (χ1n) is 4.85. The smallest absolute Gasteiger partial charge is 0.0700 e. The van der Waals surface area contributed by atoms with Crippen molar-refractivity contribution in [1.82, 2.24) is 0 Å². The quantitative estimate of drug-likeness (QED) is 0.489. The lowest BCUT2D eigenvalue weighted by molar-refractivity contribution is 0.0624. The molecule has 13 heavy (non-hydrogen) atoms. The molecule has 0 aromatic rings. The second kappa shape index (κ2) is 8.97. The summed E-state index contributed by atoms with van der Waals surface area (Å²) in [6, 6.07) is 0. The van der Waals surface area contributed by atoms with Crippen LogP contribution < -0.4 is 0 Å². The summed E-state index contributed by atoms with van der Waals surface area (Å²) in [5, 5.41) is 1.07. The highest BCUT2D eigenvalue weighted by atomic mass is 79.9. The maximum atomic E-state index is 5.41. The van der Waals surface area contributed by atoms with Crippen LogP contribution in [0.4, 0.5) is 0 Å². The number of ether oxygens (including phenoxy) is 2. The summed E-state index contributed by atoms with van der Waals surface area (Å²) >= 11 is 3.52. The predicted octanol–water partition coefficient (Wildman–Crippen LogP) is 2.71. The standard InChI is InChI=1S/C10H21BrO2/c1-9(2)10(8-11)4-5-13-7-6-12-3/h9-10H,4-8H2,1-3H3. The molecule has 0 radical (unpaired) electrons. The number of halogens is 1. The zero-order chi connectivity index (χ0) is 10.1. The summed E-state index contributed by atoms with van der Waals surface area (Å²) in [5.74, 6) is 1.45. The highest BCUT2D eigenvalue weighted by Crippen LogP contribution is 2.17. The van der Waals surface area contributed by atoms with E-state index in [9.17, 15) is 0 Å². The molecule has 0 saturated heterocycles. The first-order valence-corrected chi connectivity index (χ1v) is 5.97. The van der Waals surface area contributed by atoms with Crippen molar-refractivity contribution in [2.45, 2.75) is 20.3 Å². The van der Waals surface area contributed by atoms with E-state index in [-0.39, 0.29) is 0 Å². The third kappa shape index (κ3) is 7.47. The molecule has 3 heteroatoms. The van der Waals surface area contributed by atoms with Crippen LogP contribution in [0.2, 0.25) is 0 Å². The van der Waals surface area contributed by atoms with E-state index >= 15 is 0 Å². The topological polar surface area (TPSA) is 18.5 Å². The van der Waals surface area contributed by atoms with E-state index in [0.717, 1.165) is 30.2 Å². The minimum atomic E-state index is 0.695. The van der Waals surface area contributed by atoms with Crippen molar-refractivity contribution >= 4 is 15.9 Å². The van der Waals surface area contributed by atoms with E-state index in [2.05, 4.69) is 29.8 Å². The van der Waals surface area contributed by atoms with Gasteiger partial charge >= 0.3 is 0 Å². The second-order valence-corrected chi connectivity index (χ2v) is 4.20. The lowest BCUT2D eigenvalue weighted by Gasteiger charge is -2.17. The molecule has 0 N–H and O–H groups in total. The Kier molecular flexibility index (Phi) is 9.25. The van der Waals surface area contributed by atoms with Crippen LogP contribution in [0.3, 0.4) is 0 Å². The first-order chi connectivity index (χ1) is 6.22. The van der Waals surface area contributed by atoms with Gasteiger partial charge in [0.15, 0.2) is 0 Å². The fourth-order valence-corrected chi connectivity index (χ4v) is 2.14. The highest BCUT2D eigenvalue weighted by molar-refractivity contribution is 9.09. The molecule has 0 aliphatic rings. The average Bonchev–Trinajstić information content (AvgIpc) is 2.10.